The highest BCUT2D eigenvalue weighted by Crippen LogP contribution is 2.09. The summed E-state index contributed by atoms with van der Waals surface area (Å²) in [6.45, 7) is 0.453. The van der Waals surface area contributed by atoms with Gasteiger partial charge in [0.1, 0.15) is 24.4 Å². The van der Waals surface area contributed by atoms with Crippen LogP contribution in [0.1, 0.15) is 11.5 Å². The maximum atomic E-state index is 9.96. The summed E-state index contributed by atoms with van der Waals surface area (Å²) in [5, 5.41) is 0. The van der Waals surface area contributed by atoms with Gasteiger partial charge in [-0.3, -0.25) is 4.79 Å². The normalized spacial score (nSPS) is 10.8. The van der Waals surface area contributed by atoms with Gasteiger partial charge in [-0.15, -0.1) is 0 Å². The lowest BCUT2D eigenvalue weighted by atomic mass is 10.4. The second-order valence-electron chi connectivity index (χ2n) is 2.23. The molecular weight excluding hydrogens is 156 g/mol. The molecule has 1 aromatic rings. The van der Waals surface area contributed by atoms with E-state index in [0.29, 0.717) is 18.7 Å². The van der Waals surface area contributed by atoms with Gasteiger partial charge in [0.25, 0.3) is 0 Å². The zero-order valence-corrected chi connectivity index (χ0v) is 6.82. The summed E-state index contributed by atoms with van der Waals surface area (Å²) in [6.07, 6.45) is 3.69. The van der Waals surface area contributed by atoms with Gasteiger partial charge in [-0.05, 0) is 24.3 Å². The van der Waals surface area contributed by atoms with E-state index in [1.54, 1.807) is 19.3 Å². The van der Waals surface area contributed by atoms with Crippen molar-refractivity contribution >= 4 is 12.4 Å². The summed E-state index contributed by atoms with van der Waals surface area (Å²) < 4.78 is 10.1. The molecule has 0 bridgehead atoms. The van der Waals surface area contributed by atoms with Crippen molar-refractivity contribution < 1.29 is 13.9 Å². The molecule has 0 aliphatic carbocycles. The maximum Gasteiger partial charge on any atom is 0.142 e. The molecule has 0 amide bonds. The Labute approximate surface area is 70.6 Å². The third-order valence-electron chi connectivity index (χ3n) is 1.31. The molecule has 0 fully saturated rings. The molecular formula is C9H10O3. The summed E-state index contributed by atoms with van der Waals surface area (Å²) in [6, 6.07) is 3.60. The van der Waals surface area contributed by atoms with Crippen LogP contribution in [0.4, 0.5) is 0 Å². The van der Waals surface area contributed by atoms with Crippen LogP contribution in [0, 0.1) is 0 Å². The minimum absolute atomic E-state index is 0.453. The third kappa shape index (κ3) is 2.36. The number of hydrogen-bond donors (Lipinski definition) is 0. The van der Waals surface area contributed by atoms with E-state index >= 15 is 0 Å². The monoisotopic (exact) mass is 166 g/mol. The van der Waals surface area contributed by atoms with Crippen LogP contribution < -0.4 is 0 Å². The number of methoxy groups -OCH3 is 1. The molecule has 0 radical (unpaired) electrons. The first-order valence-corrected chi connectivity index (χ1v) is 3.56. The van der Waals surface area contributed by atoms with Crippen LogP contribution in [0.5, 0.6) is 0 Å². The molecule has 0 aliphatic heterocycles. The van der Waals surface area contributed by atoms with Gasteiger partial charge < -0.3 is 9.15 Å². The molecule has 1 heterocycles. The fourth-order valence-electron chi connectivity index (χ4n) is 0.838. The van der Waals surface area contributed by atoms with E-state index in [1.807, 2.05) is 6.07 Å². The fraction of sp³-hybridized carbons (Fsp3) is 0.222. The van der Waals surface area contributed by atoms with E-state index in [0.717, 1.165) is 5.76 Å². The van der Waals surface area contributed by atoms with Crippen molar-refractivity contribution in [2.45, 2.75) is 6.61 Å². The quantitative estimate of drug-likeness (QED) is 0.504. The Morgan fingerprint density at radius 2 is 2.42 bits per heavy atom. The Bertz CT molecular complexity index is 273. The van der Waals surface area contributed by atoms with Gasteiger partial charge in [-0.25, -0.2) is 0 Å². The predicted octanol–water partition coefficient (Wildman–Crippen LogP) is 1.64. The summed E-state index contributed by atoms with van der Waals surface area (Å²) in [7, 11) is 1.60. The number of carbonyl (C=O) groups excluding carboxylic acids is 1. The average Bonchev–Trinajstić information content (AvgIpc) is 2.50. The lowest BCUT2D eigenvalue weighted by Gasteiger charge is -1.90. The van der Waals surface area contributed by atoms with Crippen molar-refractivity contribution in [1.82, 2.24) is 0 Å². The number of ether oxygens (including phenoxy) is 1. The van der Waals surface area contributed by atoms with E-state index < -0.39 is 0 Å². The van der Waals surface area contributed by atoms with Crippen LogP contribution in [0.3, 0.4) is 0 Å². The lowest BCUT2D eigenvalue weighted by molar-refractivity contribution is -0.104. The minimum Gasteiger partial charge on any atom is -0.459 e. The third-order valence-corrected chi connectivity index (χ3v) is 1.31. The molecule has 64 valence electrons. The van der Waals surface area contributed by atoms with E-state index in [1.165, 1.54) is 6.08 Å². The van der Waals surface area contributed by atoms with Crippen LogP contribution in [-0.2, 0) is 16.1 Å². The van der Waals surface area contributed by atoms with Crippen molar-refractivity contribution in [2.24, 2.45) is 0 Å². The van der Waals surface area contributed by atoms with Crippen LogP contribution in [0.15, 0.2) is 22.6 Å². The van der Waals surface area contributed by atoms with E-state index in [9.17, 15) is 4.79 Å². The summed E-state index contributed by atoms with van der Waals surface area (Å²) in [5.41, 5.74) is 0. The molecule has 0 spiro atoms. The Kier molecular flexibility index (Phi) is 3.29. The first-order valence-electron chi connectivity index (χ1n) is 3.56. The highest BCUT2D eigenvalue weighted by atomic mass is 16.5. The maximum absolute atomic E-state index is 9.96. The number of rotatable bonds is 4. The molecule has 0 unspecified atom stereocenters. The first kappa shape index (κ1) is 8.74. The second kappa shape index (κ2) is 4.51. The summed E-state index contributed by atoms with van der Waals surface area (Å²) in [5.74, 6) is 1.41. The van der Waals surface area contributed by atoms with Crippen LogP contribution >= 0.6 is 0 Å². The highest BCUT2D eigenvalue weighted by Gasteiger charge is 1.96. The molecule has 0 aromatic carbocycles. The SMILES string of the molecule is COCc1ccc(/C=C/C=O)o1. The van der Waals surface area contributed by atoms with E-state index in [-0.39, 0.29) is 0 Å². The van der Waals surface area contributed by atoms with Gasteiger partial charge in [0.05, 0.1) is 0 Å². The molecule has 0 saturated carbocycles. The van der Waals surface area contributed by atoms with Gasteiger partial charge >= 0.3 is 0 Å². The number of carbonyl (C=O) groups is 1. The average molecular weight is 166 g/mol. The Morgan fingerprint density at radius 1 is 1.58 bits per heavy atom. The molecule has 0 atom stereocenters. The van der Waals surface area contributed by atoms with Crippen molar-refractivity contribution in [3.05, 3.63) is 29.7 Å². The first-order chi connectivity index (χ1) is 5.86. The minimum atomic E-state index is 0.453. The molecule has 1 rings (SSSR count). The van der Waals surface area contributed by atoms with Gasteiger partial charge in [0.15, 0.2) is 0 Å². The molecule has 0 saturated heterocycles. The summed E-state index contributed by atoms with van der Waals surface area (Å²) >= 11 is 0. The van der Waals surface area contributed by atoms with Crippen LogP contribution in [0.25, 0.3) is 6.08 Å². The molecule has 12 heavy (non-hydrogen) atoms. The standard InChI is InChI=1S/C9H10O3/c1-11-7-9-5-4-8(12-9)3-2-6-10/h2-6H,7H2,1H3/b3-2+. The largest absolute Gasteiger partial charge is 0.459 e. The number of furan rings is 1. The molecule has 3 heteroatoms. The molecule has 1 aromatic heterocycles. The summed E-state index contributed by atoms with van der Waals surface area (Å²) in [4.78, 5) is 9.96. The zero-order valence-electron chi connectivity index (χ0n) is 6.82. The molecule has 3 nitrogen and oxygen atoms in total. The fourth-order valence-corrected chi connectivity index (χ4v) is 0.838. The van der Waals surface area contributed by atoms with Gasteiger partial charge in [-0.2, -0.15) is 0 Å². The van der Waals surface area contributed by atoms with Gasteiger partial charge in [0, 0.05) is 7.11 Å². The zero-order chi connectivity index (χ0) is 8.81. The number of hydrogen-bond acceptors (Lipinski definition) is 3. The Balaban J connectivity index is 2.63. The Morgan fingerprint density at radius 3 is 3.08 bits per heavy atom. The lowest BCUT2D eigenvalue weighted by Crippen LogP contribution is -1.81. The topological polar surface area (TPSA) is 39.4 Å². The molecule has 0 N–H and O–H groups in total. The molecule has 0 aliphatic rings. The van der Waals surface area contributed by atoms with E-state index in [2.05, 4.69) is 0 Å². The smallest absolute Gasteiger partial charge is 0.142 e. The predicted molar refractivity (Wildman–Crippen MR) is 44.5 cm³/mol. The number of aldehydes is 1. The van der Waals surface area contributed by atoms with Crippen molar-refractivity contribution in [3.8, 4) is 0 Å². The van der Waals surface area contributed by atoms with E-state index in [4.69, 9.17) is 9.15 Å². The van der Waals surface area contributed by atoms with Gasteiger partial charge in [0.2, 0.25) is 0 Å². The van der Waals surface area contributed by atoms with Crippen LogP contribution in [-0.4, -0.2) is 13.4 Å². The van der Waals surface area contributed by atoms with Crippen LogP contribution in [0.2, 0.25) is 0 Å². The van der Waals surface area contributed by atoms with Gasteiger partial charge in [-0.1, -0.05) is 0 Å². The van der Waals surface area contributed by atoms with Crippen molar-refractivity contribution in [1.29, 1.82) is 0 Å². The Hall–Kier alpha value is -1.35. The van der Waals surface area contributed by atoms with Crippen molar-refractivity contribution in [2.75, 3.05) is 7.11 Å². The highest BCUT2D eigenvalue weighted by molar-refractivity contribution is 5.72. The van der Waals surface area contributed by atoms with Crippen molar-refractivity contribution in [3.63, 3.8) is 0 Å². The number of allylic oxidation sites excluding steroid dienone is 1. The second-order valence-corrected chi connectivity index (χ2v) is 2.23.